The summed E-state index contributed by atoms with van der Waals surface area (Å²) < 4.78 is 7.62. The van der Waals surface area contributed by atoms with Crippen molar-refractivity contribution < 1.29 is 9.53 Å². The number of benzene rings is 1. The minimum absolute atomic E-state index is 0.144. The van der Waals surface area contributed by atoms with E-state index in [9.17, 15) is 4.79 Å². The summed E-state index contributed by atoms with van der Waals surface area (Å²) >= 11 is 1.68. The summed E-state index contributed by atoms with van der Waals surface area (Å²) in [6, 6.07) is 12.1. The smallest absolute Gasteiger partial charge is 0.270 e. The van der Waals surface area contributed by atoms with Gasteiger partial charge in [0.1, 0.15) is 16.3 Å². The van der Waals surface area contributed by atoms with Gasteiger partial charge in [0, 0.05) is 24.0 Å². The van der Waals surface area contributed by atoms with Gasteiger partial charge >= 0.3 is 0 Å². The number of nitrogens with zero attached hydrogens (tertiary/aromatic N) is 2. The van der Waals surface area contributed by atoms with Crippen LogP contribution < -0.4 is 4.74 Å². The van der Waals surface area contributed by atoms with Crippen molar-refractivity contribution in [1.82, 2.24) is 9.47 Å². The van der Waals surface area contributed by atoms with Gasteiger partial charge in [0.05, 0.1) is 13.7 Å². The van der Waals surface area contributed by atoms with E-state index in [0.717, 1.165) is 53.2 Å². The highest BCUT2D eigenvalue weighted by Gasteiger charge is 2.24. The van der Waals surface area contributed by atoms with Crippen LogP contribution in [0.5, 0.6) is 5.75 Å². The molecule has 3 heterocycles. The highest BCUT2D eigenvalue weighted by atomic mass is 32.1. The molecule has 4 nitrogen and oxygen atoms in total. The molecule has 1 aliphatic heterocycles. The van der Waals surface area contributed by atoms with Crippen molar-refractivity contribution in [3.63, 3.8) is 0 Å². The summed E-state index contributed by atoms with van der Waals surface area (Å²) in [5.41, 5.74) is 1.87. The van der Waals surface area contributed by atoms with Crippen molar-refractivity contribution in [3.05, 3.63) is 53.0 Å². The maximum absolute atomic E-state index is 13.0. The first-order chi connectivity index (χ1) is 11.8. The molecule has 4 rings (SSSR count). The fourth-order valence-electron chi connectivity index (χ4n) is 3.40. The standard InChI is InChI=1S/C19H20N2O2S/c1-23-17-7-3-2-6-15(17)13-21-16(12-14-8-11-24-19(14)21)18(22)20-9-4-5-10-20/h2-3,6-8,11-12H,4-5,9-10,13H2,1H3. The Balaban J connectivity index is 1.76. The number of hydrogen-bond donors (Lipinski definition) is 0. The molecule has 1 saturated heterocycles. The van der Waals surface area contributed by atoms with E-state index in [0.29, 0.717) is 6.54 Å². The first-order valence-corrected chi connectivity index (χ1v) is 9.14. The number of para-hydroxylation sites is 1. The van der Waals surface area contributed by atoms with Gasteiger partial charge in [0.25, 0.3) is 5.91 Å². The van der Waals surface area contributed by atoms with E-state index in [1.54, 1.807) is 18.4 Å². The van der Waals surface area contributed by atoms with Crippen LogP contribution in [0, 0.1) is 0 Å². The lowest BCUT2D eigenvalue weighted by Crippen LogP contribution is -2.29. The van der Waals surface area contributed by atoms with E-state index in [-0.39, 0.29) is 5.91 Å². The summed E-state index contributed by atoms with van der Waals surface area (Å²) in [6.07, 6.45) is 2.21. The van der Waals surface area contributed by atoms with E-state index >= 15 is 0 Å². The molecule has 5 heteroatoms. The lowest BCUT2D eigenvalue weighted by molar-refractivity contribution is 0.0783. The normalized spacial score (nSPS) is 14.5. The molecule has 0 unspecified atom stereocenters. The molecule has 0 radical (unpaired) electrons. The number of likely N-dealkylation sites (tertiary alicyclic amines) is 1. The largest absolute Gasteiger partial charge is 0.496 e. The Morgan fingerprint density at radius 1 is 1.21 bits per heavy atom. The summed E-state index contributed by atoms with van der Waals surface area (Å²) in [6.45, 7) is 2.38. The van der Waals surface area contributed by atoms with Crippen LogP contribution in [0.3, 0.4) is 0 Å². The van der Waals surface area contributed by atoms with Crippen molar-refractivity contribution in [2.45, 2.75) is 19.4 Å². The Hall–Kier alpha value is -2.27. The minimum Gasteiger partial charge on any atom is -0.496 e. The van der Waals surface area contributed by atoms with Gasteiger partial charge in [-0.3, -0.25) is 4.79 Å². The van der Waals surface area contributed by atoms with Gasteiger partial charge in [0.15, 0.2) is 0 Å². The summed E-state index contributed by atoms with van der Waals surface area (Å²) in [5, 5.41) is 3.21. The van der Waals surface area contributed by atoms with Gasteiger partial charge in [-0.15, -0.1) is 11.3 Å². The molecular weight excluding hydrogens is 320 g/mol. The monoisotopic (exact) mass is 340 g/mol. The number of carbonyl (C=O) groups excluding carboxylic acids is 1. The molecular formula is C19H20N2O2S. The van der Waals surface area contributed by atoms with E-state index < -0.39 is 0 Å². The number of thiophene rings is 1. The van der Waals surface area contributed by atoms with Crippen molar-refractivity contribution in [3.8, 4) is 5.75 Å². The van der Waals surface area contributed by atoms with E-state index in [4.69, 9.17) is 4.74 Å². The van der Waals surface area contributed by atoms with Crippen LogP contribution in [-0.4, -0.2) is 35.6 Å². The van der Waals surface area contributed by atoms with Gasteiger partial charge in [0.2, 0.25) is 0 Å². The molecule has 0 N–H and O–H groups in total. The fourth-order valence-corrected chi connectivity index (χ4v) is 4.29. The van der Waals surface area contributed by atoms with Gasteiger partial charge in [-0.05, 0) is 36.4 Å². The summed E-state index contributed by atoms with van der Waals surface area (Å²) in [5.74, 6) is 1.00. The zero-order valence-electron chi connectivity index (χ0n) is 13.7. The number of fused-ring (bicyclic) bond motifs is 1. The molecule has 0 spiro atoms. The van der Waals surface area contributed by atoms with Crippen LogP contribution in [0.4, 0.5) is 0 Å². The predicted octanol–water partition coefficient (Wildman–Crippen LogP) is 4.00. The molecule has 0 aliphatic carbocycles. The average molecular weight is 340 g/mol. The highest BCUT2D eigenvalue weighted by Crippen LogP contribution is 2.29. The third-order valence-corrected chi connectivity index (χ3v) is 5.59. The molecule has 1 aliphatic rings. The number of ether oxygens (including phenoxy) is 1. The van der Waals surface area contributed by atoms with Gasteiger partial charge < -0.3 is 14.2 Å². The third kappa shape index (κ3) is 2.59. The third-order valence-electron chi connectivity index (χ3n) is 4.64. The number of aromatic nitrogens is 1. The van der Waals surface area contributed by atoms with Crippen LogP contribution in [-0.2, 0) is 6.54 Å². The molecule has 24 heavy (non-hydrogen) atoms. The van der Waals surface area contributed by atoms with E-state index in [1.165, 1.54) is 0 Å². The number of carbonyl (C=O) groups is 1. The van der Waals surface area contributed by atoms with Crippen molar-refractivity contribution in [2.24, 2.45) is 0 Å². The Bertz CT molecular complexity index is 875. The second-order valence-corrected chi connectivity index (χ2v) is 7.00. The molecule has 1 fully saturated rings. The van der Waals surface area contributed by atoms with E-state index in [1.807, 2.05) is 29.2 Å². The Morgan fingerprint density at radius 2 is 2.00 bits per heavy atom. The van der Waals surface area contributed by atoms with Gasteiger partial charge in [-0.1, -0.05) is 18.2 Å². The van der Waals surface area contributed by atoms with E-state index in [2.05, 4.69) is 22.1 Å². The Labute approximate surface area is 145 Å². The predicted molar refractivity (Wildman–Crippen MR) is 97.0 cm³/mol. The van der Waals surface area contributed by atoms with Crippen LogP contribution >= 0.6 is 11.3 Å². The van der Waals surface area contributed by atoms with Crippen LogP contribution in [0.15, 0.2) is 41.8 Å². The molecule has 1 aromatic carbocycles. The number of methoxy groups -OCH3 is 1. The SMILES string of the molecule is COc1ccccc1Cn1c(C(=O)N2CCCC2)cc2ccsc21. The lowest BCUT2D eigenvalue weighted by atomic mass is 10.2. The first-order valence-electron chi connectivity index (χ1n) is 8.26. The summed E-state index contributed by atoms with van der Waals surface area (Å²) in [4.78, 5) is 16.1. The molecule has 0 bridgehead atoms. The molecule has 0 atom stereocenters. The zero-order chi connectivity index (χ0) is 16.5. The van der Waals surface area contributed by atoms with Crippen molar-refractivity contribution >= 4 is 27.5 Å². The molecule has 1 amide bonds. The maximum atomic E-state index is 13.0. The molecule has 124 valence electrons. The lowest BCUT2D eigenvalue weighted by Gasteiger charge is -2.18. The highest BCUT2D eigenvalue weighted by molar-refractivity contribution is 7.16. The van der Waals surface area contributed by atoms with Gasteiger partial charge in [-0.25, -0.2) is 0 Å². The zero-order valence-corrected chi connectivity index (χ0v) is 14.5. The fraction of sp³-hybridized carbons (Fsp3) is 0.316. The molecule has 2 aromatic heterocycles. The molecule has 3 aromatic rings. The number of hydrogen-bond acceptors (Lipinski definition) is 3. The first kappa shape index (κ1) is 15.3. The maximum Gasteiger partial charge on any atom is 0.270 e. The van der Waals surface area contributed by atoms with Crippen LogP contribution in [0.25, 0.3) is 10.2 Å². The van der Waals surface area contributed by atoms with Crippen molar-refractivity contribution in [1.29, 1.82) is 0 Å². The Morgan fingerprint density at radius 3 is 2.79 bits per heavy atom. The number of amides is 1. The van der Waals surface area contributed by atoms with Crippen LogP contribution in [0.2, 0.25) is 0 Å². The average Bonchev–Trinajstić information content (AvgIpc) is 3.33. The topological polar surface area (TPSA) is 34.5 Å². The Kier molecular flexibility index (Phi) is 4.02. The van der Waals surface area contributed by atoms with Gasteiger partial charge in [-0.2, -0.15) is 0 Å². The molecule has 0 saturated carbocycles. The minimum atomic E-state index is 0.144. The second-order valence-electron chi connectivity index (χ2n) is 6.11. The number of rotatable bonds is 4. The summed E-state index contributed by atoms with van der Waals surface area (Å²) in [7, 11) is 1.69. The second kappa shape index (κ2) is 6.32. The van der Waals surface area contributed by atoms with Crippen LogP contribution in [0.1, 0.15) is 28.9 Å². The quantitative estimate of drug-likeness (QED) is 0.719. The van der Waals surface area contributed by atoms with Crippen molar-refractivity contribution in [2.75, 3.05) is 20.2 Å².